The average molecular weight is 385 g/mol. The third-order valence-electron chi connectivity index (χ3n) is 4.02. The molecular formula is C16H17ClN2O5S. The van der Waals surface area contributed by atoms with Crippen LogP contribution in [0.3, 0.4) is 0 Å². The summed E-state index contributed by atoms with van der Waals surface area (Å²) in [5, 5.41) is 0.343. The summed E-state index contributed by atoms with van der Waals surface area (Å²) in [6, 6.07) is 7.57. The number of methoxy groups -OCH3 is 1. The van der Waals surface area contributed by atoms with E-state index in [0.717, 1.165) is 0 Å². The number of nitrogens with zero attached hydrogens (tertiary/aromatic N) is 2. The minimum Gasteiger partial charge on any atom is -0.495 e. The second-order valence-corrected chi connectivity index (χ2v) is 7.82. The van der Waals surface area contributed by atoms with Crippen molar-refractivity contribution >= 4 is 27.5 Å². The zero-order chi connectivity index (χ0) is 18.0. The van der Waals surface area contributed by atoms with Gasteiger partial charge in [0.25, 0.3) is 5.91 Å². The van der Waals surface area contributed by atoms with Crippen LogP contribution < -0.4 is 4.74 Å². The van der Waals surface area contributed by atoms with E-state index in [2.05, 4.69) is 0 Å². The van der Waals surface area contributed by atoms with Gasteiger partial charge in [0.2, 0.25) is 10.0 Å². The summed E-state index contributed by atoms with van der Waals surface area (Å²) >= 11 is 5.95. The maximum Gasteiger partial charge on any atom is 0.289 e. The molecule has 0 N–H and O–H groups in total. The van der Waals surface area contributed by atoms with Crippen molar-refractivity contribution in [3.8, 4) is 5.75 Å². The van der Waals surface area contributed by atoms with Crippen molar-refractivity contribution in [3.05, 3.63) is 47.4 Å². The molecule has 0 unspecified atom stereocenters. The number of carbonyl (C=O) groups excluding carboxylic acids is 1. The minimum atomic E-state index is -3.68. The molecule has 3 rings (SSSR count). The summed E-state index contributed by atoms with van der Waals surface area (Å²) < 4.78 is 37.1. The van der Waals surface area contributed by atoms with E-state index < -0.39 is 10.0 Å². The number of sulfonamides is 1. The highest BCUT2D eigenvalue weighted by atomic mass is 35.5. The van der Waals surface area contributed by atoms with E-state index in [0.29, 0.717) is 23.9 Å². The average Bonchev–Trinajstić information content (AvgIpc) is 3.16. The number of furan rings is 1. The first-order chi connectivity index (χ1) is 11.9. The second kappa shape index (κ2) is 7.07. The number of ether oxygens (including phenoxy) is 1. The van der Waals surface area contributed by atoms with Crippen LogP contribution in [0.1, 0.15) is 10.6 Å². The highest BCUT2D eigenvalue weighted by Crippen LogP contribution is 2.29. The van der Waals surface area contributed by atoms with Gasteiger partial charge in [0, 0.05) is 32.2 Å². The fourth-order valence-electron chi connectivity index (χ4n) is 2.64. The Morgan fingerprint density at radius 1 is 1.20 bits per heavy atom. The van der Waals surface area contributed by atoms with Gasteiger partial charge in [0.05, 0.1) is 23.3 Å². The maximum absolute atomic E-state index is 12.8. The van der Waals surface area contributed by atoms with Crippen LogP contribution in [0.4, 0.5) is 0 Å². The topological polar surface area (TPSA) is 80.1 Å². The van der Waals surface area contributed by atoms with Crippen LogP contribution in [0.5, 0.6) is 5.75 Å². The summed E-state index contributed by atoms with van der Waals surface area (Å²) in [6.45, 7) is 1.01. The summed E-state index contributed by atoms with van der Waals surface area (Å²) in [7, 11) is -2.25. The standard InChI is InChI=1S/C16H17ClN2O5S/c1-23-15-11-12(4-5-13(15)17)25(21,22)19-8-6-18(7-9-19)16(20)14-3-2-10-24-14/h2-5,10-11H,6-9H2,1H3. The first-order valence-corrected chi connectivity index (χ1v) is 9.42. The largest absolute Gasteiger partial charge is 0.495 e. The molecule has 1 aromatic carbocycles. The highest BCUT2D eigenvalue weighted by molar-refractivity contribution is 7.89. The van der Waals surface area contributed by atoms with Gasteiger partial charge in [-0.2, -0.15) is 4.31 Å². The number of hydrogen-bond donors (Lipinski definition) is 0. The van der Waals surface area contributed by atoms with Gasteiger partial charge in [-0.1, -0.05) is 11.6 Å². The van der Waals surface area contributed by atoms with E-state index in [1.54, 1.807) is 17.0 Å². The number of halogens is 1. The van der Waals surface area contributed by atoms with Gasteiger partial charge in [-0.3, -0.25) is 4.79 Å². The molecule has 1 aliphatic rings. The van der Waals surface area contributed by atoms with Crippen molar-refractivity contribution < 1.29 is 22.4 Å². The Labute approximate surface area is 150 Å². The molecule has 1 aliphatic heterocycles. The lowest BCUT2D eigenvalue weighted by Gasteiger charge is -2.33. The molecule has 0 atom stereocenters. The van der Waals surface area contributed by atoms with Gasteiger partial charge < -0.3 is 14.1 Å². The number of amides is 1. The molecule has 1 aromatic heterocycles. The van der Waals surface area contributed by atoms with Gasteiger partial charge in [0.1, 0.15) is 5.75 Å². The monoisotopic (exact) mass is 384 g/mol. The number of benzene rings is 1. The minimum absolute atomic E-state index is 0.111. The van der Waals surface area contributed by atoms with Crippen molar-refractivity contribution in [1.29, 1.82) is 0 Å². The van der Waals surface area contributed by atoms with Crippen LogP contribution in [-0.2, 0) is 10.0 Å². The normalized spacial score (nSPS) is 16.0. The Bertz CT molecular complexity index is 859. The Balaban J connectivity index is 1.72. The van der Waals surface area contributed by atoms with Gasteiger partial charge in [-0.05, 0) is 24.3 Å². The molecule has 0 bridgehead atoms. The van der Waals surface area contributed by atoms with Gasteiger partial charge in [-0.25, -0.2) is 8.42 Å². The Kier molecular flexibility index (Phi) is 5.03. The molecule has 9 heteroatoms. The zero-order valence-corrected chi connectivity index (χ0v) is 15.1. The lowest BCUT2D eigenvalue weighted by atomic mass is 10.3. The van der Waals surface area contributed by atoms with Crippen LogP contribution in [0.15, 0.2) is 45.9 Å². The van der Waals surface area contributed by atoms with Gasteiger partial charge in [-0.15, -0.1) is 0 Å². The molecule has 25 heavy (non-hydrogen) atoms. The number of carbonyl (C=O) groups is 1. The second-order valence-electron chi connectivity index (χ2n) is 5.47. The third-order valence-corrected chi connectivity index (χ3v) is 6.23. The molecule has 2 aromatic rings. The van der Waals surface area contributed by atoms with Crippen molar-refractivity contribution in [2.24, 2.45) is 0 Å². The first-order valence-electron chi connectivity index (χ1n) is 7.60. The molecule has 1 saturated heterocycles. The van der Waals surface area contributed by atoms with Crippen LogP contribution in [0.25, 0.3) is 0 Å². The van der Waals surface area contributed by atoms with Gasteiger partial charge >= 0.3 is 0 Å². The quantitative estimate of drug-likeness (QED) is 0.806. The van der Waals surface area contributed by atoms with Crippen molar-refractivity contribution in [2.45, 2.75) is 4.90 Å². The molecule has 0 spiro atoms. The fourth-order valence-corrected chi connectivity index (χ4v) is 4.27. The van der Waals surface area contributed by atoms with Crippen LogP contribution >= 0.6 is 11.6 Å². The summed E-state index contributed by atoms with van der Waals surface area (Å²) in [5.41, 5.74) is 0. The lowest BCUT2D eigenvalue weighted by Crippen LogP contribution is -2.50. The van der Waals surface area contributed by atoms with E-state index in [1.807, 2.05) is 0 Å². The van der Waals surface area contributed by atoms with Crippen LogP contribution in [-0.4, -0.2) is 56.8 Å². The Morgan fingerprint density at radius 3 is 2.52 bits per heavy atom. The molecule has 134 valence electrons. The Morgan fingerprint density at radius 2 is 1.92 bits per heavy atom. The van der Waals surface area contributed by atoms with Crippen molar-refractivity contribution in [2.75, 3.05) is 33.3 Å². The fraction of sp³-hybridized carbons (Fsp3) is 0.312. The summed E-state index contributed by atoms with van der Waals surface area (Å²) in [5.74, 6) is 0.309. The molecule has 0 saturated carbocycles. The number of hydrogen-bond acceptors (Lipinski definition) is 5. The van der Waals surface area contributed by atoms with E-state index in [1.165, 1.54) is 35.9 Å². The van der Waals surface area contributed by atoms with E-state index in [9.17, 15) is 13.2 Å². The molecular weight excluding hydrogens is 368 g/mol. The van der Waals surface area contributed by atoms with Crippen LogP contribution in [0.2, 0.25) is 5.02 Å². The van der Waals surface area contributed by atoms with Crippen LogP contribution in [0, 0.1) is 0 Å². The van der Waals surface area contributed by atoms with E-state index in [4.69, 9.17) is 20.8 Å². The summed E-state index contributed by atoms with van der Waals surface area (Å²) in [4.78, 5) is 13.9. The van der Waals surface area contributed by atoms with E-state index in [-0.39, 0.29) is 29.7 Å². The smallest absolute Gasteiger partial charge is 0.289 e. The molecule has 0 aliphatic carbocycles. The van der Waals surface area contributed by atoms with E-state index >= 15 is 0 Å². The zero-order valence-electron chi connectivity index (χ0n) is 13.5. The highest BCUT2D eigenvalue weighted by Gasteiger charge is 2.31. The molecule has 0 radical (unpaired) electrons. The molecule has 1 amide bonds. The number of rotatable bonds is 4. The molecule has 2 heterocycles. The third kappa shape index (κ3) is 3.51. The number of piperazine rings is 1. The Hall–Kier alpha value is -2.03. The van der Waals surface area contributed by atoms with Crippen molar-refractivity contribution in [1.82, 2.24) is 9.21 Å². The maximum atomic E-state index is 12.8. The molecule has 1 fully saturated rings. The predicted octanol–water partition coefficient (Wildman–Crippen LogP) is 2.09. The molecule has 7 nitrogen and oxygen atoms in total. The van der Waals surface area contributed by atoms with Crippen molar-refractivity contribution in [3.63, 3.8) is 0 Å². The lowest BCUT2D eigenvalue weighted by molar-refractivity contribution is 0.0666. The van der Waals surface area contributed by atoms with Gasteiger partial charge in [0.15, 0.2) is 5.76 Å². The SMILES string of the molecule is COc1cc(S(=O)(=O)N2CCN(C(=O)c3ccco3)CC2)ccc1Cl. The first kappa shape index (κ1) is 17.8. The predicted molar refractivity (Wildman–Crippen MR) is 91.4 cm³/mol. The summed E-state index contributed by atoms with van der Waals surface area (Å²) in [6.07, 6.45) is 1.43.